The largest absolute Gasteiger partial charge is 0.494 e. The van der Waals surface area contributed by atoms with E-state index >= 15 is 0 Å². The van der Waals surface area contributed by atoms with Gasteiger partial charge in [-0.05, 0) is 12.0 Å². The van der Waals surface area contributed by atoms with Crippen LogP contribution in [0, 0.1) is 5.92 Å². The Morgan fingerprint density at radius 2 is 2.25 bits per heavy atom. The summed E-state index contributed by atoms with van der Waals surface area (Å²) in [5.74, 6) is 0.871. The van der Waals surface area contributed by atoms with Crippen molar-refractivity contribution in [1.82, 2.24) is 4.98 Å². The summed E-state index contributed by atoms with van der Waals surface area (Å²) in [6.45, 7) is 4.31. The first-order chi connectivity index (χ1) is 9.49. The first kappa shape index (κ1) is 14.4. The van der Waals surface area contributed by atoms with Crippen LogP contribution in [-0.2, 0) is 4.74 Å². The summed E-state index contributed by atoms with van der Waals surface area (Å²) in [5.41, 5.74) is 7.04. The molecule has 0 radical (unpaired) electrons. The topological polar surface area (TPSA) is 86.5 Å². The lowest BCUT2D eigenvalue weighted by molar-refractivity contribution is 0.147. The summed E-state index contributed by atoms with van der Waals surface area (Å²) in [7, 11) is 1.55. The molecule has 0 atom stereocenters. The monoisotopic (exact) mass is 295 g/mol. The van der Waals surface area contributed by atoms with Crippen LogP contribution < -0.4 is 15.8 Å². The van der Waals surface area contributed by atoms with Crippen LogP contribution >= 0.6 is 11.3 Å². The van der Waals surface area contributed by atoms with Crippen molar-refractivity contribution in [3.8, 4) is 5.75 Å². The highest BCUT2D eigenvalue weighted by Gasteiger charge is 2.13. The van der Waals surface area contributed by atoms with E-state index in [2.05, 4.69) is 10.3 Å². The zero-order valence-corrected chi connectivity index (χ0v) is 12.4. The molecule has 0 bridgehead atoms. The minimum Gasteiger partial charge on any atom is -0.494 e. The number of carbonyl (C=O) groups excluding carboxylic acids is 1. The van der Waals surface area contributed by atoms with Crippen molar-refractivity contribution in [3.63, 3.8) is 0 Å². The fourth-order valence-corrected chi connectivity index (χ4v) is 2.51. The van der Waals surface area contributed by atoms with Gasteiger partial charge in [0.15, 0.2) is 5.13 Å². The van der Waals surface area contributed by atoms with Gasteiger partial charge >= 0.3 is 6.09 Å². The van der Waals surface area contributed by atoms with Gasteiger partial charge in [0.2, 0.25) is 0 Å². The Morgan fingerprint density at radius 1 is 1.50 bits per heavy atom. The van der Waals surface area contributed by atoms with Crippen molar-refractivity contribution in [1.29, 1.82) is 0 Å². The van der Waals surface area contributed by atoms with Gasteiger partial charge in [0, 0.05) is 11.8 Å². The molecule has 0 saturated carbocycles. The molecule has 0 unspecified atom stereocenters. The van der Waals surface area contributed by atoms with E-state index in [0.29, 0.717) is 28.7 Å². The molecule has 0 saturated heterocycles. The number of ether oxygens (including phenoxy) is 2. The van der Waals surface area contributed by atoms with Gasteiger partial charge in [0.1, 0.15) is 11.3 Å². The van der Waals surface area contributed by atoms with Crippen LogP contribution in [0.2, 0.25) is 0 Å². The number of carbonyl (C=O) groups is 1. The van der Waals surface area contributed by atoms with Gasteiger partial charge in [-0.1, -0.05) is 25.2 Å². The summed E-state index contributed by atoms with van der Waals surface area (Å²) in [5, 5.41) is 3.06. The van der Waals surface area contributed by atoms with Crippen LogP contribution in [0.15, 0.2) is 12.1 Å². The lowest BCUT2D eigenvalue weighted by Crippen LogP contribution is -2.16. The molecule has 1 amide bonds. The van der Waals surface area contributed by atoms with Gasteiger partial charge in [-0.15, -0.1) is 0 Å². The average Bonchev–Trinajstić information content (AvgIpc) is 2.77. The lowest BCUT2D eigenvalue weighted by atomic mass is 10.2. The highest BCUT2D eigenvalue weighted by Crippen LogP contribution is 2.34. The molecular formula is C13H17N3O3S. The molecule has 6 nitrogen and oxygen atoms in total. The normalized spacial score (nSPS) is 10.8. The Bertz CT molecular complexity index is 625. The number of benzene rings is 1. The fraction of sp³-hybridized carbons (Fsp3) is 0.385. The van der Waals surface area contributed by atoms with Crippen molar-refractivity contribution < 1.29 is 14.3 Å². The number of thiazole rings is 1. The number of anilines is 2. The first-order valence-corrected chi connectivity index (χ1v) is 6.99. The highest BCUT2D eigenvalue weighted by molar-refractivity contribution is 7.22. The molecular weight excluding hydrogens is 278 g/mol. The number of hydrogen-bond acceptors (Lipinski definition) is 6. The number of amides is 1. The smallest absolute Gasteiger partial charge is 0.413 e. The second kappa shape index (κ2) is 5.96. The average molecular weight is 295 g/mol. The van der Waals surface area contributed by atoms with Crippen molar-refractivity contribution in [3.05, 3.63) is 12.1 Å². The Balaban J connectivity index is 2.17. The third-order valence-electron chi connectivity index (χ3n) is 2.46. The first-order valence-electron chi connectivity index (χ1n) is 6.17. The number of nitrogens with two attached hydrogens (primary N) is 1. The molecule has 1 aromatic carbocycles. The van der Waals surface area contributed by atoms with E-state index in [1.165, 1.54) is 11.3 Å². The van der Waals surface area contributed by atoms with Crippen LogP contribution in [0.1, 0.15) is 13.8 Å². The number of hydrogen-bond donors (Lipinski definition) is 2. The SMILES string of the molecule is COc1cc(N)cc2sc(NC(=O)OCC(C)C)nc12. The van der Waals surface area contributed by atoms with Crippen LogP contribution in [0.4, 0.5) is 15.6 Å². The molecule has 7 heteroatoms. The van der Waals surface area contributed by atoms with E-state index in [9.17, 15) is 4.79 Å². The minimum absolute atomic E-state index is 0.288. The maximum absolute atomic E-state index is 11.6. The van der Waals surface area contributed by atoms with Crippen molar-refractivity contribution >= 4 is 38.5 Å². The predicted molar refractivity (Wildman–Crippen MR) is 80.4 cm³/mol. The number of aromatic nitrogens is 1. The third kappa shape index (κ3) is 3.30. The van der Waals surface area contributed by atoms with E-state index < -0.39 is 6.09 Å². The Hall–Kier alpha value is -2.02. The van der Waals surface area contributed by atoms with Crippen LogP contribution in [0.25, 0.3) is 10.2 Å². The van der Waals surface area contributed by atoms with Gasteiger partial charge in [-0.25, -0.2) is 9.78 Å². The molecule has 2 rings (SSSR count). The molecule has 108 valence electrons. The molecule has 0 aliphatic rings. The minimum atomic E-state index is -0.510. The second-order valence-electron chi connectivity index (χ2n) is 4.71. The Labute approximate surface area is 120 Å². The van der Waals surface area contributed by atoms with Crippen molar-refractivity contribution in [2.45, 2.75) is 13.8 Å². The maximum Gasteiger partial charge on any atom is 0.413 e. The summed E-state index contributed by atoms with van der Waals surface area (Å²) >= 11 is 1.32. The van der Waals surface area contributed by atoms with Crippen LogP contribution in [0.3, 0.4) is 0 Å². The van der Waals surface area contributed by atoms with Gasteiger partial charge < -0.3 is 15.2 Å². The standard InChI is InChI=1S/C13H17N3O3S/c1-7(2)6-19-13(17)16-12-15-11-9(18-3)4-8(14)5-10(11)20-12/h4-5,7H,6,14H2,1-3H3,(H,15,16,17). The van der Waals surface area contributed by atoms with Crippen LogP contribution in [-0.4, -0.2) is 24.8 Å². The third-order valence-corrected chi connectivity index (χ3v) is 3.38. The number of rotatable bonds is 4. The maximum atomic E-state index is 11.6. The van der Waals surface area contributed by atoms with Crippen LogP contribution in [0.5, 0.6) is 5.75 Å². The van der Waals surface area contributed by atoms with Crippen molar-refractivity contribution in [2.75, 3.05) is 24.8 Å². The molecule has 20 heavy (non-hydrogen) atoms. The Kier molecular flexibility index (Phi) is 4.29. The molecule has 0 aliphatic heterocycles. The molecule has 0 spiro atoms. The molecule has 1 heterocycles. The van der Waals surface area contributed by atoms with Crippen molar-refractivity contribution in [2.24, 2.45) is 5.92 Å². The predicted octanol–water partition coefficient (Wildman–Crippen LogP) is 3.09. The van der Waals surface area contributed by atoms with E-state index in [4.69, 9.17) is 15.2 Å². The molecule has 0 fully saturated rings. The molecule has 0 aliphatic carbocycles. The second-order valence-corrected chi connectivity index (χ2v) is 5.74. The number of nitrogen functional groups attached to an aromatic ring is 1. The summed E-state index contributed by atoms with van der Waals surface area (Å²) in [4.78, 5) is 15.9. The number of nitrogens with zero attached hydrogens (tertiary/aromatic N) is 1. The lowest BCUT2D eigenvalue weighted by Gasteiger charge is -2.06. The fourth-order valence-electron chi connectivity index (χ4n) is 1.59. The molecule has 2 aromatic rings. The summed E-state index contributed by atoms with van der Waals surface area (Å²) < 4.78 is 11.1. The number of nitrogens with one attached hydrogen (secondary N) is 1. The van der Waals surface area contributed by atoms with Gasteiger partial charge in [0.05, 0.1) is 18.4 Å². The molecule has 1 aromatic heterocycles. The van der Waals surface area contributed by atoms with Gasteiger partial charge in [0.25, 0.3) is 0 Å². The number of fused-ring (bicyclic) bond motifs is 1. The zero-order chi connectivity index (χ0) is 14.7. The Morgan fingerprint density at radius 3 is 2.90 bits per heavy atom. The summed E-state index contributed by atoms with van der Waals surface area (Å²) in [6.07, 6.45) is -0.510. The highest BCUT2D eigenvalue weighted by atomic mass is 32.1. The quantitative estimate of drug-likeness (QED) is 0.846. The van der Waals surface area contributed by atoms with E-state index in [0.717, 1.165) is 4.70 Å². The van der Waals surface area contributed by atoms with E-state index in [-0.39, 0.29) is 5.92 Å². The summed E-state index contributed by atoms with van der Waals surface area (Å²) in [6, 6.07) is 3.49. The zero-order valence-electron chi connectivity index (χ0n) is 11.6. The number of methoxy groups -OCH3 is 1. The van der Waals surface area contributed by atoms with Gasteiger partial charge in [-0.2, -0.15) is 0 Å². The van der Waals surface area contributed by atoms with E-state index in [1.54, 1.807) is 19.2 Å². The van der Waals surface area contributed by atoms with Gasteiger partial charge in [-0.3, -0.25) is 5.32 Å². The molecule has 3 N–H and O–H groups in total. The van der Waals surface area contributed by atoms with E-state index in [1.807, 2.05) is 13.8 Å².